The fourth-order valence-electron chi connectivity index (χ4n) is 2.82. The SMILES string of the molecule is Cc1[nH]cnc1C(=O)N1CC(c2cccc(Cl)c2)OCC1(C)C. The molecule has 1 saturated heterocycles. The van der Waals surface area contributed by atoms with Crippen LogP contribution in [0.4, 0.5) is 0 Å². The van der Waals surface area contributed by atoms with E-state index in [1.807, 2.05) is 49.9 Å². The van der Waals surface area contributed by atoms with Crippen LogP contribution in [0.25, 0.3) is 0 Å². The van der Waals surface area contributed by atoms with Crippen molar-refractivity contribution in [3.63, 3.8) is 0 Å². The standard InChI is InChI=1S/C17H20ClN3O2/c1-11-15(20-10-19-11)16(22)21-8-14(23-9-17(21,2)3)12-5-4-6-13(18)7-12/h4-7,10,14H,8-9H2,1-3H3,(H,19,20). The molecule has 1 N–H and O–H groups in total. The third kappa shape index (κ3) is 3.12. The second-order valence-corrected chi connectivity index (χ2v) is 6.90. The lowest BCUT2D eigenvalue weighted by molar-refractivity contribution is -0.0848. The number of aromatic nitrogens is 2. The fourth-order valence-corrected chi connectivity index (χ4v) is 3.02. The highest BCUT2D eigenvalue weighted by Gasteiger charge is 2.39. The average Bonchev–Trinajstić information content (AvgIpc) is 2.92. The molecule has 1 aliphatic heterocycles. The van der Waals surface area contributed by atoms with Crippen molar-refractivity contribution in [1.29, 1.82) is 0 Å². The van der Waals surface area contributed by atoms with Gasteiger partial charge in [0.25, 0.3) is 5.91 Å². The second kappa shape index (κ2) is 5.98. The van der Waals surface area contributed by atoms with Gasteiger partial charge in [0.1, 0.15) is 11.8 Å². The zero-order valence-electron chi connectivity index (χ0n) is 13.5. The van der Waals surface area contributed by atoms with E-state index in [0.717, 1.165) is 11.3 Å². The number of hydrogen-bond donors (Lipinski definition) is 1. The number of carbonyl (C=O) groups excluding carboxylic acids is 1. The molecule has 2 aromatic rings. The van der Waals surface area contributed by atoms with Crippen LogP contribution in [-0.2, 0) is 4.74 Å². The lowest BCUT2D eigenvalue weighted by Crippen LogP contribution is -2.56. The first kappa shape index (κ1) is 16.0. The molecule has 122 valence electrons. The highest BCUT2D eigenvalue weighted by Crippen LogP contribution is 2.32. The van der Waals surface area contributed by atoms with Crippen molar-refractivity contribution in [1.82, 2.24) is 14.9 Å². The normalized spacial score (nSPS) is 20.5. The van der Waals surface area contributed by atoms with Crippen molar-refractivity contribution >= 4 is 17.5 Å². The largest absolute Gasteiger partial charge is 0.369 e. The molecule has 1 aromatic heterocycles. The van der Waals surface area contributed by atoms with E-state index in [2.05, 4.69) is 9.97 Å². The number of benzene rings is 1. The van der Waals surface area contributed by atoms with Gasteiger partial charge < -0.3 is 14.6 Å². The number of carbonyl (C=O) groups is 1. The molecule has 0 aliphatic carbocycles. The van der Waals surface area contributed by atoms with Crippen LogP contribution < -0.4 is 0 Å². The number of amides is 1. The summed E-state index contributed by atoms with van der Waals surface area (Å²) in [5.74, 6) is -0.0796. The van der Waals surface area contributed by atoms with Crippen molar-refractivity contribution in [2.45, 2.75) is 32.4 Å². The van der Waals surface area contributed by atoms with Gasteiger partial charge in [-0.2, -0.15) is 0 Å². The van der Waals surface area contributed by atoms with Crippen molar-refractivity contribution in [3.8, 4) is 0 Å². The van der Waals surface area contributed by atoms with Gasteiger partial charge in [0.05, 0.1) is 25.0 Å². The molecule has 2 heterocycles. The van der Waals surface area contributed by atoms with Gasteiger partial charge in [-0.3, -0.25) is 4.79 Å². The summed E-state index contributed by atoms with van der Waals surface area (Å²) in [5, 5.41) is 0.664. The van der Waals surface area contributed by atoms with Crippen LogP contribution in [0.15, 0.2) is 30.6 Å². The lowest BCUT2D eigenvalue weighted by Gasteiger charge is -2.45. The first-order valence-electron chi connectivity index (χ1n) is 7.57. The summed E-state index contributed by atoms with van der Waals surface area (Å²) < 4.78 is 5.98. The van der Waals surface area contributed by atoms with Crippen LogP contribution in [0.5, 0.6) is 0 Å². The van der Waals surface area contributed by atoms with Gasteiger partial charge in [0.15, 0.2) is 0 Å². The first-order chi connectivity index (χ1) is 10.9. The van der Waals surface area contributed by atoms with Gasteiger partial charge >= 0.3 is 0 Å². The molecule has 1 unspecified atom stereocenters. The molecule has 0 bridgehead atoms. The van der Waals surface area contributed by atoms with Crippen molar-refractivity contribution in [3.05, 3.63) is 52.6 Å². The number of nitrogens with one attached hydrogen (secondary N) is 1. The maximum atomic E-state index is 12.9. The third-order valence-corrected chi connectivity index (χ3v) is 4.45. The van der Waals surface area contributed by atoms with E-state index in [1.54, 1.807) is 6.33 Å². The Morgan fingerprint density at radius 1 is 1.48 bits per heavy atom. The van der Waals surface area contributed by atoms with E-state index in [0.29, 0.717) is 23.9 Å². The summed E-state index contributed by atoms with van der Waals surface area (Å²) in [5.41, 5.74) is 1.82. The minimum absolute atomic E-state index is 0.0796. The molecule has 0 spiro atoms. The molecule has 6 heteroatoms. The van der Waals surface area contributed by atoms with Gasteiger partial charge in [0.2, 0.25) is 0 Å². The number of aryl methyl sites for hydroxylation is 1. The topological polar surface area (TPSA) is 58.2 Å². The van der Waals surface area contributed by atoms with Gasteiger partial charge in [-0.15, -0.1) is 0 Å². The maximum Gasteiger partial charge on any atom is 0.274 e. The number of aromatic amines is 1. The number of H-pyrrole nitrogens is 1. The Morgan fingerprint density at radius 2 is 2.26 bits per heavy atom. The first-order valence-corrected chi connectivity index (χ1v) is 7.95. The van der Waals surface area contributed by atoms with Crippen molar-refractivity contribution < 1.29 is 9.53 Å². The van der Waals surface area contributed by atoms with E-state index in [-0.39, 0.29) is 12.0 Å². The summed E-state index contributed by atoms with van der Waals surface area (Å²) in [7, 11) is 0. The molecular formula is C17H20ClN3O2. The molecule has 1 fully saturated rings. The summed E-state index contributed by atoms with van der Waals surface area (Å²) in [6, 6.07) is 7.57. The molecule has 1 atom stereocenters. The Bertz CT molecular complexity index is 726. The Balaban J connectivity index is 1.88. The Kier molecular flexibility index (Phi) is 4.17. The van der Waals surface area contributed by atoms with Crippen LogP contribution in [-0.4, -0.2) is 39.5 Å². The summed E-state index contributed by atoms with van der Waals surface area (Å²) in [6.45, 7) is 6.78. The summed E-state index contributed by atoms with van der Waals surface area (Å²) in [4.78, 5) is 21.9. The average molecular weight is 334 g/mol. The monoisotopic (exact) mass is 333 g/mol. The number of imidazole rings is 1. The van der Waals surface area contributed by atoms with E-state index >= 15 is 0 Å². The zero-order valence-corrected chi connectivity index (χ0v) is 14.2. The summed E-state index contributed by atoms with van der Waals surface area (Å²) >= 11 is 6.07. The van der Waals surface area contributed by atoms with Crippen LogP contribution >= 0.6 is 11.6 Å². The number of hydrogen-bond acceptors (Lipinski definition) is 3. The van der Waals surface area contributed by atoms with Crippen molar-refractivity contribution in [2.24, 2.45) is 0 Å². The predicted octanol–water partition coefficient (Wildman–Crippen LogP) is 3.36. The third-order valence-electron chi connectivity index (χ3n) is 4.21. The van der Waals surface area contributed by atoms with Gasteiger partial charge in [-0.1, -0.05) is 23.7 Å². The van der Waals surface area contributed by atoms with E-state index in [1.165, 1.54) is 0 Å². The summed E-state index contributed by atoms with van der Waals surface area (Å²) in [6.07, 6.45) is 1.36. The van der Waals surface area contributed by atoms with Crippen LogP contribution in [0.2, 0.25) is 5.02 Å². The number of halogens is 1. The molecule has 1 aliphatic rings. The van der Waals surface area contributed by atoms with E-state index in [4.69, 9.17) is 16.3 Å². The van der Waals surface area contributed by atoms with Gasteiger partial charge in [0, 0.05) is 10.7 Å². The second-order valence-electron chi connectivity index (χ2n) is 6.46. The zero-order chi connectivity index (χ0) is 16.6. The van der Waals surface area contributed by atoms with Gasteiger partial charge in [-0.25, -0.2) is 4.98 Å². The Labute approximate surface area is 140 Å². The van der Waals surface area contributed by atoms with E-state index < -0.39 is 5.54 Å². The molecule has 5 nitrogen and oxygen atoms in total. The van der Waals surface area contributed by atoms with E-state index in [9.17, 15) is 4.79 Å². The maximum absolute atomic E-state index is 12.9. The van der Waals surface area contributed by atoms with Crippen LogP contribution in [0.1, 0.15) is 41.7 Å². The molecule has 23 heavy (non-hydrogen) atoms. The van der Waals surface area contributed by atoms with Crippen LogP contribution in [0.3, 0.4) is 0 Å². The highest BCUT2D eigenvalue weighted by atomic mass is 35.5. The predicted molar refractivity (Wildman–Crippen MR) is 88.6 cm³/mol. The number of nitrogens with zero attached hydrogens (tertiary/aromatic N) is 2. The molecule has 0 saturated carbocycles. The van der Waals surface area contributed by atoms with Crippen LogP contribution in [0, 0.1) is 6.92 Å². The molecule has 0 radical (unpaired) electrons. The van der Waals surface area contributed by atoms with Gasteiger partial charge in [-0.05, 0) is 38.5 Å². The number of rotatable bonds is 2. The quantitative estimate of drug-likeness (QED) is 0.916. The molecular weight excluding hydrogens is 314 g/mol. The molecule has 3 rings (SSSR count). The molecule has 1 amide bonds. The number of ether oxygens (including phenoxy) is 1. The number of morpholine rings is 1. The minimum Gasteiger partial charge on any atom is -0.369 e. The lowest BCUT2D eigenvalue weighted by atomic mass is 9.97. The Morgan fingerprint density at radius 3 is 2.91 bits per heavy atom. The highest BCUT2D eigenvalue weighted by molar-refractivity contribution is 6.30. The Hall–Kier alpha value is -1.85. The fraction of sp³-hybridized carbons (Fsp3) is 0.412. The molecule has 1 aromatic carbocycles. The smallest absolute Gasteiger partial charge is 0.274 e. The minimum atomic E-state index is -0.391. The van der Waals surface area contributed by atoms with Crippen molar-refractivity contribution in [2.75, 3.05) is 13.2 Å².